The molecule has 0 spiro atoms. The number of hydrogen-bond donors (Lipinski definition) is 1. The molecule has 0 unspecified atom stereocenters. The smallest absolute Gasteiger partial charge is 0.134 e. The van der Waals surface area contributed by atoms with Crippen molar-refractivity contribution >= 4 is 32.9 Å². The monoisotopic (exact) mass is 424 g/mol. The molecule has 0 amide bonds. The molecule has 0 aliphatic rings. The molecule has 0 aliphatic heterocycles. The first kappa shape index (κ1) is 19.2. The highest BCUT2D eigenvalue weighted by Crippen LogP contribution is 2.34. The third-order valence-corrected chi connectivity index (χ3v) is 6.11. The van der Waals surface area contributed by atoms with Crippen LogP contribution in [0, 0.1) is 6.92 Å². The van der Waals surface area contributed by atoms with Crippen LogP contribution in [0.3, 0.4) is 0 Å². The molecule has 0 bridgehead atoms. The summed E-state index contributed by atoms with van der Waals surface area (Å²) < 4.78 is 6.49. The van der Waals surface area contributed by atoms with Gasteiger partial charge in [-0.3, -0.25) is 4.98 Å². The SMILES string of the molecule is COc1ccc(Nc2cc(-c3cncc(-c4cc5ccccc5s4)c3)nc(C)n2)cc1. The van der Waals surface area contributed by atoms with Crippen molar-refractivity contribution in [2.45, 2.75) is 6.92 Å². The fourth-order valence-corrected chi connectivity index (χ4v) is 4.48. The fraction of sp³-hybridized carbons (Fsp3) is 0.0800. The molecule has 152 valence electrons. The first-order valence-electron chi connectivity index (χ1n) is 9.89. The predicted octanol–water partition coefficient (Wildman–Crippen LogP) is 6.48. The molecule has 1 N–H and O–H groups in total. The third kappa shape index (κ3) is 4.11. The van der Waals surface area contributed by atoms with Crippen molar-refractivity contribution in [1.29, 1.82) is 0 Å². The maximum atomic E-state index is 5.22. The lowest BCUT2D eigenvalue weighted by molar-refractivity contribution is 0.415. The molecule has 5 nitrogen and oxygen atoms in total. The zero-order valence-electron chi connectivity index (χ0n) is 17.2. The lowest BCUT2D eigenvalue weighted by atomic mass is 10.1. The molecule has 0 saturated heterocycles. The summed E-state index contributed by atoms with van der Waals surface area (Å²) in [6.45, 7) is 1.89. The van der Waals surface area contributed by atoms with Gasteiger partial charge in [0.05, 0.1) is 12.8 Å². The molecule has 0 radical (unpaired) electrons. The van der Waals surface area contributed by atoms with Crippen molar-refractivity contribution in [2.75, 3.05) is 12.4 Å². The van der Waals surface area contributed by atoms with Gasteiger partial charge in [-0.05, 0) is 54.8 Å². The molecule has 3 aromatic heterocycles. The van der Waals surface area contributed by atoms with Crippen LogP contribution in [0.15, 0.2) is 79.1 Å². The number of nitrogens with zero attached hydrogens (tertiary/aromatic N) is 3. The Balaban J connectivity index is 1.47. The lowest BCUT2D eigenvalue weighted by Crippen LogP contribution is -1.99. The van der Waals surface area contributed by atoms with E-state index in [2.05, 4.69) is 56.7 Å². The number of rotatable bonds is 5. The second-order valence-electron chi connectivity index (χ2n) is 7.15. The summed E-state index contributed by atoms with van der Waals surface area (Å²) in [5.74, 6) is 2.25. The van der Waals surface area contributed by atoms with E-state index in [0.29, 0.717) is 5.82 Å². The average Bonchev–Trinajstić information content (AvgIpc) is 3.24. The Labute approximate surface area is 184 Å². The van der Waals surface area contributed by atoms with Gasteiger partial charge in [-0.25, -0.2) is 9.97 Å². The van der Waals surface area contributed by atoms with Crippen LogP contribution in [0.5, 0.6) is 5.75 Å². The normalized spacial score (nSPS) is 10.9. The Morgan fingerprint density at radius 3 is 2.48 bits per heavy atom. The van der Waals surface area contributed by atoms with Gasteiger partial charge in [0.25, 0.3) is 0 Å². The minimum Gasteiger partial charge on any atom is -0.497 e. The zero-order valence-corrected chi connectivity index (χ0v) is 18.0. The highest BCUT2D eigenvalue weighted by atomic mass is 32.1. The molecule has 2 aromatic carbocycles. The van der Waals surface area contributed by atoms with Crippen molar-refractivity contribution in [1.82, 2.24) is 15.0 Å². The van der Waals surface area contributed by atoms with Crippen LogP contribution in [0.1, 0.15) is 5.82 Å². The number of pyridine rings is 1. The molecule has 6 heteroatoms. The number of fused-ring (bicyclic) bond motifs is 1. The van der Waals surface area contributed by atoms with Gasteiger partial charge in [-0.2, -0.15) is 0 Å². The molecule has 0 saturated carbocycles. The summed E-state index contributed by atoms with van der Waals surface area (Å²) >= 11 is 1.77. The molecule has 5 rings (SSSR count). The number of hydrogen-bond acceptors (Lipinski definition) is 6. The second kappa shape index (κ2) is 8.16. The summed E-state index contributed by atoms with van der Waals surface area (Å²) in [5, 5.41) is 4.59. The first-order valence-corrected chi connectivity index (χ1v) is 10.7. The largest absolute Gasteiger partial charge is 0.497 e. The van der Waals surface area contributed by atoms with Crippen LogP contribution >= 0.6 is 11.3 Å². The molecular weight excluding hydrogens is 404 g/mol. The number of aryl methyl sites for hydroxylation is 1. The van der Waals surface area contributed by atoms with Crippen LogP contribution in [-0.4, -0.2) is 22.1 Å². The van der Waals surface area contributed by atoms with Crippen molar-refractivity contribution in [3.05, 3.63) is 84.9 Å². The summed E-state index contributed by atoms with van der Waals surface area (Å²) in [6.07, 6.45) is 3.74. The van der Waals surface area contributed by atoms with Gasteiger partial charge in [0.1, 0.15) is 17.4 Å². The van der Waals surface area contributed by atoms with Crippen LogP contribution in [-0.2, 0) is 0 Å². The van der Waals surface area contributed by atoms with Gasteiger partial charge in [-0.1, -0.05) is 18.2 Å². The Morgan fingerprint density at radius 1 is 0.871 bits per heavy atom. The van der Waals surface area contributed by atoms with E-state index in [1.54, 1.807) is 18.4 Å². The minimum atomic E-state index is 0.695. The minimum absolute atomic E-state index is 0.695. The van der Waals surface area contributed by atoms with E-state index in [1.807, 2.05) is 49.6 Å². The van der Waals surface area contributed by atoms with E-state index in [4.69, 9.17) is 4.74 Å². The number of thiophene rings is 1. The van der Waals surface area contributed by atoms with Crippen molar-refractivity contribution in [2.24, 2.45) is 0 Å². The molecule has 0 aliphatic carbocycles. The van der Waals surface area contributed by atoms with Crippen LogP contribution in [0.2, 0.25) is 0 Å². The Morgan fingerprint density at radius 2 is 1.68 bits per heavy atom. The quantitative estimate of drug-likeness (QED) is 0.350. The third-order valence-electron chi connectivity index (χ3n) is 4.94. The van der Waals surface area contributed by atoms with Crippen LogP contribution in [0.4, 0.5) is 11.5 Å². The molecule has 31 heavy (non-hydrogen) atoms. The lowest BCUT2D eigenvalue weighted by Gasteiger charge is -2.10. The van der Waals surface area contributed by atoms with Crippen molar-refractivity contribution in [3.8, 4) is 27.4 Å². The number of ether oxygens (including phenoxy) is 1. The van der Waals surface area contributed by atoms with Gasteiger partial charge in [0, 0.05) is 44.9 Å². The summed E-state index contributed by atoms with van der Waals surface area (Å²) in [7, 11) is 1.66. The van der Waals surface area contributed by atoms with E-state index in [-0.39, 0.29) is 0 Å². The van der Waals surface area contributed by atoms with Crippen molar-refractivity contribution < 1.29 is 4.74 Å². The average molecular weight is 425 g/mol. The number of aromatic nitrogens is 3. The topological polar surface area (TPSA) is 59.9 Å². The van der Waals surface area contributed by atoms with Gasteiger partial charge in [-0.15, -0.1) is 11.3 Å². The Hall–Kier alpha value is -3.77. The Kier molecular flexibility index (Phi) is 5.06. The molecule has 5 aromatic rings. The molecular formula is C25H20N4OS. The predicted molar refractivity (Wildman–Crippen MR) is 127 cm³/mol. The molecule has 3 heterocycles. The second-order valence-corrected chi connectivity index (χ2v) is 8.23. The van der Waals surface area contributed by atoms with E-state index in [0.717, 1.165) is 34.1 Å². The van der Waals surface area contributed by atoms with Gasteiger partial charge in [0.2, 0.25) is 0 Å². The maximum Gasteiger partial charge on any atom is 0.134 e. The van der Waals surface area contributed by atoms with Gasteiger partial charge in [0.15, 0.2) is 0 Å². The number of methoxy groups -OCH3 is 1. The number of anilines is 2. The highest BCUT2D eigenvalue weighted by molar-refractivity contribution is 7.22. The van der Waals surface area contributed by atoms with E-state index < -0.39 is 0 Å². The van der Waals surface area contributed by atoms with Crippen molar-refractivity contribution in [3.63, 3.8) is 0 Å². The van der Waals surface area contributed by atoms with Gasteiger partial charge < -0.3 is 10.1 Å². The summed E-state index contributed by atoms with van der Waals surface area (Å²) in [4.78, 5) is 14.9. The summed E-state index contributed by atoms with van der Waals surface area (Å²) in [5.41, 5.74) is 3.80. The Bertz CT molecular complexity index is 1330. The number of benzene rings is 2. The highest BCUT2D eigenvalue weighted by Gasteiger charge is 2.09. The summed E-state index contributed by atoms with van der Waals surface area (Å²) in [6, 6.07) is 22.4. The first-order chi connectivity index (χ1) is 15.2. The fourth-order valence-electron chi connectivity index (χ4n) is 3.44. The molecule has 0 atom stereocenters. The van der Waals surface area contributed by atoms with E-state index in [9.17, 15) is 0 Å². The number of nitrogens with one attached hydrogen (secondary N) is 1. The van der Waals surface area contributed by atoms with E-state index in [1.165, 1.54) is 15.0 Å². The maximum absolute atomic E-state index is 5.22. The molecule has 0 fully saturated rings. The van der Waals surface area contributed by atoms with Gasteiger partial charge >= 0.3 is 0 Å². The van der Waals surface area contributed by atoms with Crippen LogP contribution < -0.4 is 10.1 Å². The standard InChI is InChI=1S/C25H20N4OS/c1-16-27-22(13-25(28-16)29-20-7-9-21(30-2)10-8-20)18-11-19(15-26-14-18)24-12-17-5-3-4-6-23(17)31-24/h3-15H,1-2H3,(H,27,28,29). The zero-order chi connectivity index (χ0) is 21.2. The van der Waals surface area contributed by atoms with E-state index >= 15 is 0 Å². The van der Waals surface area contributed by atoms with Crippen LogP contribution in [0.25, 0.3) is 31.8 Å².